The van der Waals surface area contributed by atoms with Crippen LogP contribution in [-0.2, 0) is 38.7 Å². The van der Waals surface area contributed by atoms with Crippen LogP contribution in [0.5, 0.6) is 0 Å². The van der Waals surface area contributed by atoms with E-state index < -0.39 is 23.9 Å². The molecule has 0 radical (unpaired) electrons. The lowest BCUT2D eigenvalue weighted by Gasteiger charge is -2.26. The van der Waals surface area contributed by atoms with Crippen LogP contribution >= 0.6 is 22.7 Å². The van der Waals surface area contributed by atoms with Crippen molar-refractivity contribution >= 4 is 185 Å². The van der Waals surface area contributed by atoms with Crippen molar-refractivity contribution in [3.8, 4) is 18.2 Å². The van der Waals surface area contributed by atoms with Crippen LogP contribution in [0.1, 0.15) is 197 Å². The van der Waals surface area contributed by atoms with Crippen molar-refractivity contribution in [2.75, 3.05) is 9.80 Å². The normalized spacial score (nSPS) is 12.0. The highest BCUT2D eigenvalue weighted by Gasteiger charge is 2.21. The minimum Gasteiger partial charge on any atom is -0.486 e. The Morgan fingerprint density at radius 2 is 0.728 bits per heavy atom. The zero-order valence-electron chi connectivity index (χ0n) is 76.8. The van der Waals surface area contributed by atoms with Crippen LogP contribution < -0.4 is 9.80 Å². The van der Waals surface area contributed by atoms with Crippen molar-refractivity contribution in [1.82, 2.24) is 9.13 Å². The average molecular weight is 1830 g/mol. The van der Waals surface area contributed by atoms with Gasteiger partial charge in [-0.1, -0.05) is 261 Å². The summed E-state index contributed by atoms with van der Waals surface area (Å²) in [5, 5.41) is 67.2. The number of fused-ring (bicyclic) bond motifs is 2. The Bertz CT molecular complexity index is 6770. The molecule has 0 amide bonds. The Morgan fingerprint density at radius 3 is 1.15 bits per heavy atom. The fourth-order valence-electron chi connectivity index (χ4n) is 16.1. The summed E-state index contributed by atoms with van der Waals surface area (Å²) < 4.78 is 6.37. The molecule has 4 aromatic heterocycles. The number of nitriles is 3. The van der Waals surface area contributed by atoms with Crippen LogP contribution in [0.2, 0.25) is 0 Å². The predicted molar refractivity (Wildman–Crippen MR) is 562 cm³/mol. The fourth-order valence-corrected chi connectivity index (χ4v) is 18.1. The van der Waals surface area contributed by atoms with Crippen LogP contribution in [0, 0.1) is 54.4 Å². The van der Waals surface area contributed by atoms with Gasteiger partial charge in [0.2, 0.25) is 0 Å². The molecule has 14 aromatic rings. The second-order valence-electron chi connectivity index (χ2n) is 33.2. The highest BCUT2D eigenvalue weighted by Crippen LogP contribution is 2.43. The monoisotopic (exact) mass is 1830 g/mol. The lowest BCUT2D eigenvalue weighted by Crippen LogP contribution is -2.09. The molecule has 16 nitrogen and oxygen atoms in total. The molecule has 0 saturated carbocycles. The molecule has 4 heterocycles. The van der Waals surface area contributed by atoms with Gasteiger partial charge in [-0.25, -0.2) is 19.2 Å². The molecular formula is C118H106N8O8S2. The molecule has 14 rings (SSSR count). The second-order valence-corrected chi connectivity index (χ2v) is 35.4. The number of nitrogens with zero attached hydrogens (tertiary/aromatic N) is 8. The summed E-state index contributed by atoms with van der Waals surface area (Å²) in [6, 6.07) is 96.7. The largest absolute Gasteiger partial charge is 0.486 e. The predicted octanol–water partition coefficient (Wildman–Crippen LogP) is 30.8. The molecule has 0 bridgehead atoms. The number of unbranched alkanes of at least 4 members (excludes halogenated alkanes) is 9. The minimum atomic E-state index is -1.25. The molecule has 0 fully saturated rings. The number of aromatic nitrogens is 2. The maximum absolute atomic E-state index is 11.6. The van der Waals surface area contributed by atoms with E-state index in [-0.39, 0.29) is 22.4 Å². The van der Waals surface area contributed by atoms with Crippen LogP contribution in [0.3, 0.4) is 0 Å². The van der Waals surface area contributed by atoms with Crippen molar-refractivity contribution in [3.63, 3.8) is 0 Å². The SMILES string of the molecule is CCCCCCCCCCCCc1ccc(N(c2ccc3cc(/C=C/c4ccc(/C=C(\C#N)C(=O)O)cc4)sc3c2)c2ccc3cc(/C=C/c4ccc(/C=C(\C#N)C(=O)O)cc4)sc3c2)cc1.[C-]#[N+]/C(=C\c1ccc(/C=C/c2ccc(N(c3ccc(/C=C/c4ccc(/C=C(\C#N)C(=O)O)n4CCC)cc3)c3ccc(/C=C(\c4ccccc4)c4ccc(C)c(C)c4)cc3)cc2)n1CCC)C(=O)O. The number of hydrogen-bond acceptors (Lipinski definition) is 11. The number of aliphatic carboxylic acids is 4. The van der Waals surface area contributed by atoms with Crippen molar-refractivity contribution in [3.05, 3.63) is 400 Å². The summed E-state index contributed by atoms with van der Waals surface area (Å²) in [7, 11) is 0. The van der Waals surface area contributed by atoms with Crippen LogP contribution in [0.15, 0.2) is 289 Å². The van der Waals surface area contributed by atoms with E-state index in [1.165, 1.54) is 115 Å². The maximum atomic E-state index is 11.6. The van der Waals surface area contributed by atoms with Crippen molar-refractivity contribution in [2.45, 2.75) is 131 Å². The third kappa shape index (κ3) is 26.4. The molecule has 18 heteroatoms. The standard InChI is InChI=1S/C60H53N5O4.C58H53N3O4S2/c1-6-35-63-50(31-33-55(63)39-49(41-61)59(66)67)23-14-44-16-25-52(26-17-44)65(53-27-18-45(19-28-53)15-24-51-32-34-56(64(51)36-7-2)40-58(62-5)60(68)69)54-29-20-46(21-30-54)38-57(47-11-9-8-10-12-47)48-22-13-42(3)43(4)37-48;1-2-3-4-5-6-7-8-9-10-11-12-41-21-27-50(28-22-41)61(51-29-25-46-35-53(66-55(46)37-51)31-23-42-13-17-44(18-14-42)33-48(39-59)57(62)63)52-30-26-47-36-54(67-56(47)38-52)32-24-43-15-19-45(20-16-43)34-49(40-60)58(64)65/h8-34,37-40H,6-7,35-36H2,1-4H3,(H,66,67)(H,68,69);13-38H,2-12H2,1H3,(H,62,63)(H,64,65)/b23-14+,24-15+,49-39+,57-38+,58-40-;31-23+,32-24+,48-33+,49-34+. The van der Waals surface area contributed by atoms with Crippen molar-refractivity contribution in [1.29, 1.82) is 15.8 Å². The maximum Gasteiger partial charge on any atom is 0.346 e. The van der Waals surface area contributed by atoms with E-state index in [1.807, 2.05) is 124 Å². The summed E-state index contributed by atoms with van der Waals surface area (Å²) in [6.45, 7) is 19.3. The summed E-state index contributed by atoms with van der Waals surface area (Å²) >= 11 is 3.45. The van der Waals surface area contributed by atoms with E-state index in [9.17, 15) is 44.9 Å². The van der Waals surface area contributed by atoms with Gasteiger partial charge in [0.05, 0.1) is 6.57 Å². The minimum absolute atomic E-state index is 0.304. The van der Waals surface area contributed by atoms with Gasteiger partial charge in [-0.05, 0) is 287 Å². The van der Waals surface area contributed by atoms with Crippen molar-refractivity contribution < 1.29 is 39.6 Å². The highest BCUT2D eigenvalue weighted by atomic mass is 32.1. The van der Waals surface area contributed by atoms with Gasteiger partial charge < -0.3 is 39.4 Å². The lowest BCUT2D eigenvalue weighted by molar-refractivity contribution is -0.133. The summed E-state index contributed by atoms with van der Waals surface area (Å²) in [6.07, 6.45) is 40.1. The zero-order valence-corrected chi connectivity index (χ0v) is 78.5. The van der Waals surface area contributed by atoms with Gasteiger partial charge in [0.15, 0.2) is 0 Å². The number of carbonyl (C=O) groups is 4. The van der Waals surface area contributed by atoms with E-state index in [0.717, 1.165) is 130 Å². The fraction of sp³-hybridized carbons (Fsp3) is 0.169. The molecule has 0 aliphatic carbocycles. The van der Waals surface area contributed by atoms with Gasteiger partial charge in [-0.15, -0.1) is 22.7 Å². The Balaban J connectivity index is 0.000000230. The summed E-state index contributed by atoms with van der Waals surface area (Å²) in [5.41, 5.74) is 21.5. The molecule has 0 aliphatic heterocycles. The first kappa shape index (κ1) is 97.3. The molecule has 136 heavy (non-hydrogen) atoms. The third-order valence-electron chi connectivity index (χ3n) is 23.5. The smallest absolute Gasteiger partial charge is 0.346 e. The van der Waals surface area contributed by atoms with Gasteiger partial charge in [-0.2, -0.15) is 15.8 Å². The average Bonchev–Trinajstić information content (AvgIpc) is 1.40. The summed E-state index contributed by atoms with van der Waals surface area (Å²) in [5.74, 6) is -4.99. The topological polar surface area (TPSA) is 241 Å². The number of carboxylic acid groups (broad SMARTS) is 4. The Kier molecular flexibility index (Phi) is 34.5. The molecule has 0 atom stereocenters. The molecule has 0 unspecified atom stereocenters. The van der Waals surface area contributed by atoms with E-state index >= 15 is 0 Å². The quantitative estimate of drug-likeness (QED) is 0.00919. The first-order valence-electron chi connectivity index (χ1n) is 45.8. The number of carboxylic acids is 4. The number of rotatable bonds is 40. The molecule has 0 saturated heterocycles. The number of benzene rings is 10. The molecule has 4 N–H and O–H groups in total. The first-order chi connectivity index (χ1) is 66.2. The van der Waals surface area contributed by atoms with E-state index in [4.69, 9.17) is 17.1 Å². The van der Waals surface area contributed by atoms with Gasteiger partial charge >= 0.3 is 23.9 Å². The van der Waals surface area contributed by atoms with Crippen molar-refractivity contribution in [2.24, 2.45) is 0 Å². The van der Waals surface area contributed by atoms with E-state index in [1.54, 1.807) is 40.9 Å². The van der Waals surface area contributed by atoms with Crippen LogP contribution in [-0.4, -0.2) is 53.4 Å². The molecular weight excluding hydrogens is 1720 g/mol. The first-order valence-corrected chi connectivity index (χ1v) is 47.4. The van der Waals surface area contributed by atoms with E-state index in [0.29, 0.717) is 35.6 Å². The molecule has 678 valence electrons. The van der Waals surface area contributed by atoms with Gasteiger partial charge in [0.25, 0.3) is 5.70 Å². The third-order valence-corrected chi connectivity index (χ3v) is 25.6. The number of hydrogen-bond donors (Lipinski definition) is 4. The van der Waals surface area contributed by atoms with Crippen LogP contribution in [0.4, 0.5) is 34.1 Å². The molecule has 0 aliphatic rings. The zero-order chi connectivity index (χ0) is 95.8. The van der Waals surface area contributed by atoms with Gasteiger partial charge in [0, 0.05) is 89.1 Å². The summed E-state index contributed by atoms with van der Waals surface area (Å²) in [4.78, 5) is 55.6. The van der Waals surface area contributed by atoms with Crippen LogP contribution in [0.25, 0.3) is 110 Å². The Labute approximate surface area is 803 Å². The molecule has 10 aromatic carbocycles. The van der Waals surface area contributed by atoms with E-state index in [2.05, 4.69) is 256 Å². The molecule has 0 spiro atoms. The second kappa shape index (κ2) is 48.3. The Hall–Kier alpha value is -16.2. The number of anilines is 6. The van der Waals surface area contributed by atoms with Gasteiger partial charge in [-0.3, -0.25) is 4.79 Å². The highest BCUT2D eigenvalue weighted by molar-refractivity contribution is 7.20. The Morgan fingerprint density at radius 1 is 0.353 bits per heavy atom. The number of aryl methyl sites for hydroxylation is 3. The van der Waals surface area contributed by atoms with Gasteiger partial charge in [0.1, 0.15) is 34.9 Å². The number of thiophene rings is 2. The lowest BCUT2D eigenvalue weighted by atomic mass is 9.93.